The molecule has 0 spiro atoms. The first-order chi connectivity index (χ1) is 16.9. The van der Waals surface area contributed by atoms with Gasteiger partial charge in [0, 0.05) is 17.3 Å². The van der Waals surface area contributed by atoms with E-state index in [4.69, 9.17) is 14.2 Å². The van der Waals surface area contributed by atoms with Crippen molar-refractivity contribution >= 4 is 23.1 Å². The van der Waals surface area contributed by atoms with E-state index >= 15 is 0 Å². The zero-order valence-electron chi connectivity index (χ0n) is 20.1. The number of nitrogens with zero attached hydrogens (tertiary/aromatic N) is 1. The Kier molecular flexibility index (Phi) is 6.78. The van der Waals surface area contributed by atoms with Crippen LogP contribution in [0, 0.1) is 0 Å². The molecule has 35 heavy (non-hydrogen) atoms. The fourth-order valence-corrected chi connectivity index (χ4v) is 4.23. The van der Waals surface area contributed by atoms with Gasteiger partial charge in [-0.05, 0) is 53.9 Å². The quantitative estimate of drug-likeness (QED) is 0.298. The summed E-state index contributed by atoms with van der Waals surface area (Å²) >= 11 is 0. The van der Waals surface area contributed by atoms with Gasteiger partial charge >= 0.3 is 0 Å². The van der Waals surface area contributed by atoms with Crippen molar-refractivity contribution in [1.29, 1.82) is 0 Å². The van der Waals surface area contributed by atoms with Crippen molar-refractivity contribution in [1.82, 2.24) is 0 Å². The zero-order chi connectivity index (χ0) is 25.1. The number of anilines is 1. The number of Topliss-reactive ketones (excluding diaryl/α,β-unsaturated/α-hetero) is 1. The van der Waals surface area contributed by atoms with Crippen molar-refractivity contribution < 1.29 is 28.9 Å². The van der Waals surface area contributed by atoms with Crippen molar-refractivity contribution in [3.63, 3.8) is 0 Å². The number of aliphatic hydroxyl groups excluding tert-OH is 1. The molecule has 0 aromatic heterocycles. The first kappa shape index (κ1) is 23.9. The fourth-order valence-electron chi connectivity index (χ4n) is 4.23. The van der Waals surface area contributed by atoms with E-state index in [1.54, 1.807) is 49.6 Å². The van der Waals surface area contributed by atoms with Gasteiger partial charge in [0.15, 0.2) is 11.5 Å². The molecule has 1 heterocycles. The number of carbonyl (C=O) groups is 2. The predicted octanol–water partition coefficient (Wildman–Crippen LogP) is 4.90. The third kappa shape index (κ3) is 4.33. The Balaban J connectivity index is 1.91. The summed E-state index contributed by atoms with van der Waals surface area (Å²) in [7, 11) is 4.57. The standard InChI is InChI=1S/C28H27NO6/c1-5-17-6-8-18(9-7-17)25-24(26(30)19-10-13-21(33-2)14-11-19)27(31)28(32)29(25)20-12-15-22(34-3)23(16-20)35-4/h6-16,25,30H,5H2,1-4H3/b26-24+. The molecule has 1 aliphatic heterocycles. The number of ketones is 1. The lowest BCUT2D eigenvalue weighted by Crippen LogP contribution is -2.29. The third-order valence-corrected chi connectivity index (χ3v) is 6.16. The molecule has 0 radical (unpaired) electrons. The van der Waals surface area contributed by atoms with Gasteiger partial charge in [0.25, 0.3) is 11.7 Å². The number of hydrogen-bond acceptors (Lipinski definition) is 6. The highest BCUT2D eigenvalue weighted by Gasteiger charge is 2.47. The normalized spacial score (nSPS) is 16.9. The molecule has 3 aromatic carbocycles. The number of carbonyl (C=O) groups excluding carboxylic acids is 2. The molecule has 1 saturated heterocycles. The molecule has 1 N–H and O–H groups in total. The Bertz CT molecular complexity index is 1280. The molecule has 1 aliphatic rings. The number of aryl methyl sites for hydroxylation is 1. The maximum absolute atomic E-state index is 13.4. The summed E-state index contributed by atoms with van der Waals surface area (Å²) in [6.07, 6.45) is 0.849. The van der Waals surface area contributed by atoms with Gasteiger partial charge in [-0.15, -0.1) is 0 Å². The summed E-state index contributed by atoms with van der Waals surface area (Å²) in [5, 5.41) is 11.2. The Hall–Kier alpha value is -4.26. The molecule has 0 saturated carbocycles. The summed E-state index contributed by atoms with van der Waals surface area (Å²) in [4.78, 5) is 28.1. The van der Waals surface area contributed by atoms with Gasteiger partial charge in [-0.2, -0.15) is 0 Å². The molecule has 7 heteroatoms. The van der Waals surface area contributed by atoms with Gasteiger partial charge in [0.1, 0.15) is 11.5 Å². The van der Waals surface area contributed by atoms with Crippen molar-refractivity contribution in [3.05, 3.63) is 89.0 Å². The Labute approximate surface area is 204 Å². The van der Waals surface area contributed by atoms with Crippen LogP contribution in [-0.2, 0) is 16.0 Å². The largest absolute Gasteiger partial charge is 0.507 e. The zero-order valence-corrected chi connectivity index (χ0v) is 20.1. The lowest BCUT2D eigenvalue weighted by Gasteiger charge is -2.26. The minimum Gasteiger partial charge on any atom is -0.507 e. The molecule has 7 nitrogen and oxygen atoms in total. The van der Waals surface area contributed by atoms with Crippen LogP contribution >= 0.6 is 0 Å². The minimum atomic E-state index is -0.832. The molecule has 0 aliphatic carbocycles. The van der Waals surface area contributed by atoms with Crippen molar-refractivity contribution in [2.24, 2.45) is 0 Å². The van der Waals surface area contributed by atoms with Gasteiger partial charge in [-0.1, -0.05) is 31.2 Å². The van der Waals surface area contributed by atoms with Crippen LogP contribution in [0.5, 0.6) is 17.2 Å². The molecule has 1 unspecified atom stereocenters. The van der Waals surface area contributed by atoms with E-state index < -0.39 is 17.7 Å². The smallest absolute Gasteiger partial charge is 0.300 e. The second-order valence-corrected chi connectivity index (χ2v) is 8.03. The van der Waals surface area contributed by atoms with E-state index in [1.807, 2.05) is 24.3 Å². The Morgan fingerprint density at radius 3 is 2.09 bits per heavy atom. The molecule has 1 fully saturated rings. The second-order valence-electron chi connectivity index (χ2n) is 8.03. The average molecular weight is 474 g/mol. The van der Waals surface area contributed by atoms with E-state index in [0.29, 0.717) is 34.1 Å². The van der Waals surface area contributed by atoms with E-state index in [-0.39, 0.29) is 11.3 Å². The van der Waals surface area contributed by atoms with Crippen LogP contribution in [0.3, 0.4) is 0 Å². The van der Waals surface area contributed by atoms with Crippen LogP contribution in [0.2, 0.25) is 0 Å². The Morgan fingerprint density at radius 1 is 0.857 bits per heavy atom. The topological polar surface area (TPSA) is 85.3 Å². The van der Waals surface area contributed by atoms with Crippen LogP contribution < -0.4 is 19.1 Å². The first-order valence-corrected chi connectivity index (χ1v) is 11.2. The monoisotopic (exact) mass is 473 g/mol. The number of rotatable bonds is 7. The molecule has 4 rings (SSSR count). The lowest BCUT2D eigenvalue weighted by molar-refractivity contribution is -0.132. The maximum atomic E-state index is 13.4. The van der Waals surface area contributed by atoms with Crippen LogP contribution in [-0.4, -0.2) is 38.1 Å². The molecule has 3 aromatic rings. The van der Waals surface area contributed by atoms with E-state index in [0.717, 1.165) is 12.0 Å². The molecular weight excluding hydrogens is 446 g/mol. The first-order valence-electron chi connectivity index (χ1n) is 11.2. The van der Waals surface area contributed by atoms with E-state index in [9.17, 15) is 14.7 Å². The molecule has 1 amide bonds. The highest BCUT2D eigenvalue weighted by atomic mass is 16.5. The minimum absolute atomic E-state index is 0.0131. The number of benzene rings is 3. The van der Waals surface area contributed by atoms with Crippen molar-refractivity contribution in [2.45, 2.75) is 19.4 Å². The molecule has 180 valence electrons. The summed E-state index contributed by atoms with van der Waals surface area (Å²) in [6.45, 7) is 2.05. The predicted molar refractivity (Wildman–Crippen MR) is 133 cm³/mol. The van der Waals surface area contributed by atoms with Crippen molar-refractivity contribution in [3.8, 4) is 17.2 Å². The summed E-state index contributed by atoms with van der Waals surface area (Å²) in [5.74, 6) is -0.232. The van der Waals surface area contributed by atoms with Crippen molar-refractivity contribution in [2.75, 3.05) is 26.2 Å². The van der Waals surface area contributed by atoms with Crippen LogP contribution in [0.25, 0.3) is 5.76 Å². The van der Waals surface area contributed by atoms with Crippen LogP contribution in [0.1, 0.15) is 29.7 Å². The number of aliphatic hydroxyl groups is 1. The van der Waals surface area contributed by atoms with E-state index in [1.165, 1.54) is 19.1 Å². The second kappa shape index (κ2) is 9.93. The third-order valence-electron chi connectivity index (χ3n) is 6.16. The highest BCUT2D eigenvalue weighted by Crippen LogP contribution is 2.44. The van der Waals surface area contributed by atoms with Gasteiger partial charge in [0.2, 0.25) is 0 Å². The number of amides is 1. The fraction of sp³-hybridized carbons (Fsp3) is 0.214. The van der Waals surface area contributed by atoms with Crippen LogP contribution in [0.15, 0.2) is 72.3 Å². The lowest BCUT2D eigenvalue weighted by atomic mass is 9.94. The van der Waals surface area contributed by atoms with E-state index in [2.05, 4.69) is 6.92 Å². The number of methoxy groups -OCH3 is 3. The molecular formula is C28H27NO6. The highest BCUT2D eigenvalue weighted by molar-refractivity contribution is 6.51. The summed E-state index contributed by atoms with van der Waals surface area (Å²) in [5.41, 5.74) is 2.69. The Morgan fingerprint density at radius 2 is 1.51 bits per heavy atom. The van der Waals surface area contributed by atoms with Crippen LogP contribution in [0.4, 0.5) is 5.69 Å². The number of hydrogen-bond donors (Lipinski definition) is 1. The SMILES string of the molecule is CCc1ccc(C2/C(=C(\O)c3ccc(OC)cc3)C(=O)C(=O)N2c2ccc(OC)c(OC)c2)cc1. The van der Waals surface area contributed by atoms with Gasteiger partial charge in [0.05, 0.1) is 32.9 Å². The number of ether oxygens (including phenoxy) is 3. The molecule has 0 bridgehead atoms. The van der Waals surface area contributed by atoms with Gasteiger partial charge in [-0.3, -0.25) is 14.5 Å². The average Bonchev–Trinajstić information content (AvgIpc) is 3.17. The summed E-state index contributed by atoms with van der Waals surface area (Å²) in [6, 6.07) is 18.5. The summed E-state index contributed by atoms with van der Waals surface area (Å²) < 4.78 is 15.9. The maximum Gasteiger partial charge on any atom is 0.300 e. The van der Waals surface area contributed by atoms with Gasteiger partial charge in [-0.25, -0.2) is 0 Å². The van der Waals surface area contributed by atoms with Gasteiger partial charge < -0.3 is 19.3 Å². The molecule has 1 atom stereocenters.